The van der Waals surface area contributed by atoms with Gasteiger partial charge in [0.15, 0.2) is 0 Å². The molecule has 0 bridgehead atoms. The Balaban J connectivity index is 1.51. The largest absolute Gasteiger partial charge is 0.449 e. The van der Waals surface area contributed by atoms with Crippen LogP contribution >= 0.6 is 11.6 Å². The number of H-pyrrole nitrogens is 1. The highest BCUT2D eigenvalue weighted by Gasteiger charge is 2.39. The van der Waals surface area contributed by atoms with Crippen LogP contribution in [0.25, 0.3) is 22.3 Å². The molecule has 1 atom stereocenters. The minimum Gasteiger partial charge on any atom is -0.334 e. The number of imidazole rings is 1. The summed E-state index contributed by atoms with van der Waals surface area (Å²) in [7, 11) is 0. The number of alkyl halides is 3. The first-order chi connectivity index (χ1) is 16.2. The maximum atomic E-state index is 13.8. The lowest BCUT2D eigenvalue weighted by Crippen LogP contribution is -2.39. The molecule has 1 saturated heterocycles. The van der Waals surface area contributed by atoms with Crippen LogP contribution in [0.4, 0.5) is 13.2 Å². The Morgan fingerprint density at radius 3 is 2.74 bits per heavy atom. The summed E-state index contributed by atoms with van der Waals surface area (Å²) in [4.78, 5) is 19.1. The number of rotatable bonds is 4. The summed E-state index contributed by atoms with van der Waals surface area (Å²) in [5, 5.41) is 11.1. The Bertz CT molecular complexity index is 1380. The second kappa shape index (κ2) is 8.43. The van der Waals surface area contributed by atoms with Gasteiger partial charge in [-0.3, -0.25) is 4.79 Å². The van der Waals surface area contributed by atoms with Crippen LogP contribution in [0.15, 0.2) is 42.5 Å². The van der Waals surface area contributed by atoms with Crippen molar-refractivity contribution < 1.29 is 18.0 Å². The fraction of sp³-hybridized carbons (Fsp3) is 0.304. The SMILES string of the molecule is Cc1n[nH]nc1-c1ccccc1C(=O)N1CCC[C@H]1Cn1c(C(F)(F)F)nc2ccc(Cl)cc21. The number of likely N-dealkylation sites (tertiary alicyclic amines) is 1. The zero-order valence-electron chi connectivity index (χ0n) is 18.1. The Labute approximate surface area is 197 Å². The molecular formula is C23H20ClF3N6O. The molecule has 2 aromatic carbocycles. The van der Waals surface area contributed by atoms with Gasteiger partial charge < -0.3 is 9.47 Å². The molecule has 3 heterocycles. The normalized spacial score (nSPS) is 16.5. The van der Waals surface area contributed by atoms with Gasteiger partial charge in [-0.2, -0.15) is 28.6 Å². The summed E-state index contributed by atoms with van der Waals surface area (Å²) in [6.45, 7) is 2.19. The lowest BCUT2D eigenvalue weighted by atomic mass is 10.0. The van der Waals surface area contributed by atoms with Gasteiger partial charge in [0.2, 0.25) is 5.82 Å². The molecule has 1 fully saturated rings. The zero-order chi connectivity index (χ0) is 24.0. The molecule has 0 aliphatic carbocycles. The summed E-state index contributed by atoms with van der Waals surface area (Å²) in [5.41, 5.74) is 2.77. The number of hydrogen-bond donors (Lipinski definition) is 1. The van der Waals surface area contributed by atoms with Gasteiger partial charge in [0.1, 0.15) is 5.69 Å². The number of aromatic nitrogens is 5. The number of halogens is 4. The summed E-state index contributed by atoms with van der Waals surface area (Å²) < 4.78 is 42.6. The molecular weight excluding hydrogens is 469 g/mol. The molecule has 11 heteroatoms. The lowest BCUT2D eigenvalue weighted by Gasteiger charge is -2.27. The summed E-state index contributed by atoms with van der Waals surface area (Å²) >= 11 is 6.07. The number of fused-ring (bicyclic) bond motifs is 1. The van der Waals surface area contributed by atoms with E-state index in [1.165, 1.54) is 18.2 Å². The maximum Gasteiger partial charge on any atom is 0.449 e. The van der Waals surface area contributed by atoms with Crippen LogP contribution in [0.2, 0.25) is 5.02 Å². The molecule has 1 aliphatic rings. The highest BCUT2D eigenvalue weighted by Crippen LogP contribution is 2.34. The van der Waals surface area contributed by atoms with E-state index in [1.807, 2.05) is 0 Å². The number of aromatic amines is 1. The molecule has 34 heavy (non-hydrogen) atoms. The number of aryl methyl sites for hydroxylation is 1. The molecule has 4 aromatic rings. The number of nitrogens with one attached hydrogen (secondary N) is 1. The number of carbonyl (C=O) groups is 1. The van der Waals surface area contributed by atoms with E-state index in [0.717, 1.165) is 4.57 Å². The Morgan fingerprint density at radius 1 is 1.21 bits per heavy atom. The zero-order valence-corrected chi connectivity index (χ0v) is 18.9. The molecule has 0 spiro atoms. The average Bonchev–Trinajstić information content (AvgIpc) is 3.52. The van der Waals surface area contributed by atoms with Gasteiger partial charge in [0, 0.05) is 29.2 Å². The summed E-state index contributed by atoms with van der Waals surface area (Å²) in [5.74, 6) is -1.25. The van der Waals surface area contributed by atoms with Gasteiger partial charge in [-0.1, -0.05) is 29.8 Å². The van der Waals surface area contributed by atoms with Crippen LogP contribution < -0.4 is 0 Å². The van der Waals surface area contributed by atoms with Crippen molar-refractivity contribution >= 4 is 28.5 Å². The van der Waals surface area contributed by atoms with Gasteiger partial charge in [0.05, 0.1) is 22.8 Å². The first-order valence-corrected chi connectivity index (χ1v) is 11.1. The van der Waals surface area contributed by atoms with Crippen molar-refractivity contribution in [1.29, 1.82) is 0 Å². The number of hydrogen-bond acceptors (Lipinski definition) is 4. The Hall–Kier alpha value is -3.40. The van der Waals surface area contributed by atoms with Gasteiger partial charge >= 0.3 is 6.18 Å². The number of carbonyl (C=O) groups excluding carboxylic acids is 1. The maximum absolute atomic E-state index is 13.8. The minimum atomic E-state index is -4.64. The highest BCUT2D eigenvalue weighted by atomic mass is 35.5. The molecule has 5 rings (SSSR count). The van der Waals surface area contributed by atoms with E-state index in [-0.39, 0.29) is 23.5 Å². The summed E-state index contributed by atoms with van der Waals surface area (Å²) in [6, 6.07) is 11.1. The van der Waals surface area contributed by atoms with Gasteiger partial charge in [0.25, 0.3) is 5.91 Å². The number of amides is 1. The van der Waals surface area contributed by atoms with Crippen molar-refractivity contribution in [1.82, 2.24) is 29.9 Å². The van der Waals surface area contributed by atoms with E-state index < -0.39 is 18.0 Å². The second-order valence-corrected chi connectivity index (χ2v) is 8.71. The van der Waals surface area contributed by atoms with Crippen LogP contribution in [0.3, 0.4) is 0 Å². The summed E-state index contributed by atoms with van der Waals surface area (Å²) in [6.07, 6.45) is -3.37. The molecule has 0 radical (unpaired) electrons. The van der Waals surface area contributed by atoms with Crippen molar-refractivity contribution in [2.24, 2.45) is 0 Å². The molecule has 176 valence electrons. The topological polar surface area (TPSA) is 79.7 Å². The molecule has 1 amide bonds. The van der Waals surface area contributed by atoms with E-state index in [4.69, 9.17) is 11.6 Å². The highest BCUT2D eigenvalue weighted by molar-refractivity contribution is 6.31. The predicted molar refractivity (Wildman–Crippen MR) is 120 cm³/mol. The van der Waals surface area contributed by atoms with Crippen molar-refractivity contribution in [3.63, 3.8) is 0 Å². The third-order valence-corrected chi connectivity index (χ3v) is 6.37. The third kappa shape index (κ3) is 3.91. The predicted octanol–water partition coefficient (Wildman–Crippen LogP) is 5.11. The average molecular weight is 489 g/mol. The molecule has 1 N–H and O–H groups in total. The van der Waals surface area contributed by atoms with Crippen LogP contribution in [0.1, 0.15) is 34.7 Å². The van der Waals surface area contributed by atoms with Crippen LogP contribution in [-0.2, 0) is 12.7 Å². The third-order valence-electron chi connectivity index (χ3n) is 6.13. The van der Waals surface area contributed by atoms with E-state index in [2.05, 4.69) is 20.4 Å². The second-order valence-electron chi connectivity index (χ2n) is 8.27. The van der Waals surface area contributed by atoms with Crippen LogP contribution in [-0.4, -0.2) is 48.4 Å². The van der Waals surface area contributed by atoms with Crippen LogP contribution in [0, 0.1) is 6.92 Å². The van der Waals surface area contributed by atoms with Crippen molar-refractivity contribution in [2.45, 2.75) is 38.5 Å². The molecule has 7 nitrogen and oxygen atoms in total. The standard InChI is InChI=1S/C23H20ClF3N6O/c1-13-20(30-31-29-13)16-6-2-3-7-17(16)21(34)32-10-4-5-15(32)12-33-19-11-14(24)8-9-18(19)28-22(33)23(25,26)27/h2-3,6-9,11,15H,4-5,10,12H2,1H3,(H,29,30,31)/t15-/m0/s1. The Morgan fingerprint density at radius 2 is 2.00 bits per heavy atom. The Kier molecular flexibility index (Phi) is 5.55. The molecule has 0 saturated carbocycles. The fourth-order valence-electron chi connectivity index (χ4n) is 4.57. The van der Waals surface area contributed by atoms with Gasteiger partial charge in [-0.15, -0.1) is 0 Å². The van der Waals surface area contributed by atoms with Gasteiger partial charge in [-0.25, -0.2) is 4.98 Å². The fourth-order valence-corrected chi connectivity index (χ4v) is 4.74. The smallest absolute Gasteiger partial charge is 0.334 e. The van der Waals surface area contributed by atoms with E-state index in [1.54, 1.807) is 36.1 Å². The molecule has 2 aromatic heterocycles. The number of benzene rings is 2. The number of nitrogens with zero attached hydrogens (tertiary/aromatic N) is 5. The lowest BCUT2D eigenvalue weighted by molar-refractivity contribution is -0.147. The van der Waals surface area contributed by atoms with E-state index in [9.17, 15) is 18.0 Å². The van der Waals surface area contributed by atoms with E-state index in [0.29, 0.717) is 46.9 Å². The van der Waals surface area contributed by atoms with Crippen molar-refractivity contribution in [3.05, 3.63) is 64.6 Å². The molecule has 0 unspecified atom stereocenters. The van der Waals surface area contributed by atoms with Crippen molar-refractivity contribution in [2.75, 3.05) is 6.54 Å². The van der Waals surface area contributed by atoms with Crippen LogP contribution in [0.5, 0.6) is 0 Å². The molecule has 1 aliphatic heterocycles. The van der Waals surface area contributed by atoms with Gasteiger partial charge in [-0.05, 0) is 44.0 Å². The first-order valence-electron chi connectivity index (χ1n) is 10.7. The minimum absolute atomic E-state index is 0.0391. The van der Waals surface area contributed by atoms with E-state index >= 15 is 0 Å². The van der Waals surface area contributed by atoms with Crippen molar-refractivity contribution in [3.8, 4) is 11.3 Å². The quantitative estimate of drug-likeness (QED) is 0.433. The monoisotopic (exact) mass is 488 g/mol. The first kappa shape index (κ1) is 22.4.